The third kappa shape index (κ3) is 4.58. The number of carbonyl (C=O) groups excluding carboxylic acids is 3. The van der Waals surface area contributed by atoms with Gasteiger partial charge < -0.3 is 19.5 Å². The second-order valence-corrected chi connectivity index (χ2v) is 10.3. The smallest absolute Gasteiger partial charge is 0.319 e. The number of halogens is 1. The number of fused-ring (bicyclic) bond motifs is 2. The number of carbonyl (C=O) groups is 3. The van der Waals surface area contributed by atoms with Gasteiger partial charge in [-0.15, -0.1) is 0 Å². The van der Waals surface area contributed by atoms with Gasteiger partial charge in [0.1, 0.15) is 21.7 Å². The summed E-state index contributed by atoms with van der Waals surface area (Å²) in [5.41, 5.74) is -0.576. The Kier molecular flexibility index (Phi) is 6.34. The van der Waals surface area contributed by atoms with E-state index >= 15 is 0 Å². The third-order valence-electron chi connectivity index (χ3n) is 6.12. The summed E-state index contributed by atoms with van der Waals surface area (Å²) in [6, 6.07) is 0. The lowest BCUT2D eigenvalue weighted by Crippen LogP contribution is -2.86. The Labute approximate surface area is 173 Å². The van der Waals surface area contributed by atoms with E-state index in [2.05, 4.69) is 5.32 Å². The summed E-state index contributed by atoms with van der Waals surface area (Å²) in [6.45, 7) is 7.73. The van der Waals surface area contributed by atoms with Gasteiger partial charge in [0.15, 0.2) is 0 Å². The lowest BCUT2D eigenvalue weighted by atomic mass is 9.78. The summed E-state index contributed by atoms with van der Waals surface area (Å²) in [5.74, 6) is -1.91. The van der Waals surface area contributed by atoms with E-state index in [0.29, 0.717) is 12.3 Å². The molecule has 1 saturated carbocycles. The fraction of sp³-hybridized carbons (Fsp3) is 0.842. The van der Waals surface area contributed by atoms with Crippen LogP contribution in [0.3, 0.4) is 0 Å². The van der Waals surface area contributed by atoms with Gasteiger partial charge >= 0.3 is 17.9 Å². The molecule has 2 heterocycles. The number of quaternary nitrogens is 1. The summed E-state index contributed by atoms with van der Waals surface area (Å²) in [5, 5.41) is 2.28. The van der Waals surface area contributed by atoms with E-state index in [1.54, 1.807) is 6.92 Å². The Morgan fingerprint density at radius 2 is 1.93 bits per heavy atom. The van der Waals surface area contributed by atoms with Gasteiger partial charge in [-0.05, 0) is 20.8 Å². The van der Waals surface area contributed by atoms with Gasteiger partial charge in [-0.3, -0.25) is 14.4 Å². The number of esters is 3. The predicted octanol–water partition coefficient (Wildman–Crippen LogP) is 0.969. The minimum absolute atomic E-state index is 0.281. The molecule has 7 nitrogen and oxygen atoms in total. The van der Waals surface area contributed by atoms with E-state index in [4.69, 9.17) is 14.2 Å². The molecular formula is C19H29INO6+. The first-order chi connectivity index (χ1) is 12.7. The number of rotatable bonds is 5. The van der Waals surface area contributed by atoms with Crippen LogP contribution in [0.1, 0.15) is 46.5 Å². The van der Waals surface area contributed by atoms with E-state index in [1.165, 1.54) is 0 Å². The maximum absolute atomic E-state index is 13.0. The summed E-state index contributed by atoms with van der Waals surface area (Å²) < 4.78 is 16.5. The Balaban J connectivity index is 1.69. The topological polar surface area (TPSA) is 95.5 Å². The normalized spacial score (nSPS) is 32.5. The number of hydrogen-bond acceptors (Lipinski definition) is 6. The second kappa shape index (κ2) is 8.23. The first kappa shape index (κ1) is 20.8. The number of ether oxygens (including phenoxy) is 3. The number of hydrogen-bond donors (Lipinski definition) is 1. The molecule has 2 aliphatic heterocycles. The fourth-order valence-electron chi connectivity index (χ4n) is 4.42. The Hall–Kier alpha value is -0.900. The molecule has 2 bridgehead atoms. The van der Waals surface area contributed by atoms with Crippen LogP contribution in [-0.2, 0) is 28.6 Å². The highest BCUT2D eigenvalue weighted by Crippen LogP contribution is 2.42. The molecule has 3 fully saturated rings. The molecule has 5 unspecified atom stereocenters. The minimum atomic E-state index is -0.618. The number of piperidine rings is 1. The van der Waals surface area contributed by atoms with E-state index in [1.807, 2.05) is 36.4 Å². The van der Waals surface area contributed by atoms with E-state index in [0.717, 1.165) is 25.9 Å². The molecule has 3 rings (SSSR count). The first-order valence-corrected chi connectivity index (χ1v) is 11.0. The average Bonchev–Trinajstić information content (AvgIpc) is 2.94. The third-order valence-corrected chi connectivity index (χ3v) is 6.63. The van der Waals surface area contributed by atoms with Crippen molar-refractivity contribution in [1.29, 1.82) is 0 Å². The molecule has 0 radical (unpaired) electrons. The summed E-state index contributed by atoms with van der Waals surface area (Å²) in [7, 11) is 0. The van der Waals surface area contributed by atoms with Crippen molar-refractivity contribution >= 4 is 40.5 Å². The molecule has 0 aromatic carbocycles. The first-order valence-electron chi connectivity index (χ1n) is 9.78. The molecule has 3 aliphatic rings. The Morgan fingerprint density at radius 3 is 2.56 bits per heavy atom. The van der Waals surface area contributed by atoms with Gasteiger partial charge in [0.05, 0.1) is 24.9 Å². The standard InChI is InChI=1S/C19H28INO6/c1-10(20)16(22)25-14-9-13(12-8-15(14)26-17(12)23)18(24)27-19(2,3)11-4-6-21-7-5-11/h10-15,21H,4-9H2,1-3H3/p+1. The van der Waals surface area contributed by atoms with Crippen molar-refractivity contribution < 1.29 is 33.9 Å². The predicted molar refractivity (Wildman–Crippen MR) is 104 cm³/mol. The van der Waals surface area contributed by atoms with E-state index < -0.39 is 29.6 Å². The molecule has 0 amide bonds. The highest BCUT2D eigenvalue weighted by molar-refractivity contribution is 14.1. The van der Waals surface area contributed by atoms with Crippen molar-refractivity contribution in [2.24, 2.45) is 17.8 Å². The van der Waals surface area contributed by atoms with Crippen molar-refractivity contribution in [3.63, 3.8) is 0 Å². The Morgan fingerprint density at radius 1 is 1.26 bits per heavy atom. The van der Waals surface area contributed by atoms with Gasteiger partial charge in [0.25, 0.3) is 0 Å². The van der Waals surface area contributed by atoms with Crippen molar-refractivity contribution in [2.75, 3.05) is 13.1 Å². The van der Waals surface area contributed by atoms with Crippen LogP contribution in [0, 0.1) is 17.8 Å². The van der Waals surface area contributed by atoms with Gasteiger partial charge in [0, 0.05) is 31.6 Å². The lowest BCUT2D eigenvalue weighted by Gasteiger charge is -2.38. The van der Waals surface area contributed by atoms with Crippen molar-refractivity contribution in [2.45, 2.75) is 68.2 Å². The van der Waals surface area contributed by atoms with Crippen LogP contribution in [0.2, 0.25) is 0 Å². The van der Waals surface area contributed by atoms with E-state index in [9.17, 15) is 14.4 Å². The second-order valence-electron chi connectivity index (χ2n) is 8.42. The molecule has 0 aromatic rings. The van der Waals surface area contributed by atoms with Crippen molar-refractivity contribution in [3.05, 3.63) is 0 Å². The van der Waals surface area contributed by atoms with Gasteiger partial charge in [-0.25, -0.2) is 0 Å². The quantitative estimate of drug-likeness (QED) is 0.265. The highest BCUT2D eigenvalue weighted by atomic mass is 127. The molecule has 152 valence electrons. The van der Waals surface area contributed by atoms with Crippen LogP contribution in [0.25, 0.3) is 0 Å². The van der Waals surface area contributed by atoms with Crippen LogP contribution in [0.4, 0.5) is 0 Å². The maximum Gasteiger partial charge on any atom is 0.319 e. The molecule has 0 spiro atoms. The lowest BCUT2D eigenvalue weighted by molar-refractivity contribution is -0.665. The average molecular weight is 494 g/mol. The zero-order valence-corrected chi connectivity index (χ0v) is 18.3. The highest BCUT2D eigenvalue weighted by Gasteiger charge is 2.54. The number of alkyl halides is 1. The van der Waals surface area contributed by atoms with Crippen molar-refractivity contribution in [1.82, 2.24) is 0 Å². The summed E-state index contributed by atoms with van der Waals surface area (Å²) in [6.07, 6.45) is 1.67. The summed E-state index contributed by atoms with van der Waals surface area (Å²) >= 11 is 1.98. The zero-order chi connectivity index (χ0) is 19.8. The van der Waals surface area contributed by atoms with Crippen LogP contribution >= 0.6 is 22.6 Å². The minimum Gasteiger partial charge on any atom is -0.459 e. The maximum atomic E-state index is 13.0. The van der Waals surface area contributed by atoms with Gasteiger partial charge in [-0.1, -0.05) is 22.6 Å². The van der Waals surface area contributed by atoms with Crippen LogP contribution < -0.4 is 5.32 Å². The van der Waals surface area contributed by atoms with E-state index in [-0.39, 0.29) is 28.3 Å². The van der Waals surface area contributed by atoms with Crippen molar-refractivity contribution in [3.8, 4) is 0 Å². The summed E-state index contributed by atoms with van der Waals surface area (Å²) in [4.78, 5) is 37.2. The van der Waals surface area contributed by atoms with Gasteiger partial charge in [-0.2, -0.15) is 0 Å². The molecule has 5 atom stereocenters. The molecule has 2 N–H and O–H groups in total. The zero-order valence-electron chi connectivity index (χ0n) is 16.1. The molecule has 2 saturated heterocycles. The largest absolute Gasteiger partial charge is 0.459 e. The SMILES string of the molecule is CC(I)C(=O)OC1CC(C(=O)OC(C)(C)C2CC[NH2+]CC2)C2CC1OC2=O. The van der Waals surface area contributed by atoms with Gasteiger partial charge in [0.2, 0.25) is 0 Å². The molecule has 27 heavy (non-hydrogen) atoms. The molecule has 8 heteroatoms. The molecular weight excluding hydrogens is 465 g/mol. The van der Waals surface area contributed by atoms with Crippen LogP contribution in [0.5, 0.6) is 0 Å². The molecule has 1 aliphatic carbocycles. The molecule has 0 aromatic heterocycles. The number of nitrogens with two attached hydrogens (primary N) is 1. The fourth-order valence-corrected chi connectivity index (χ4v) is 4.57. The van der Waals surface area contributed by atoms with Crippen LogP contribution in [-0.4, -0.2) is 52.7 Å². The Bertz CT molecular complexity index is 601. The monoisotopic (exact) mass is 494 g/mol. The van der Waals surface area contributed by atoms with Crippen LogP contribution in [0.15, 0.2) is 0 Å².